The van der Waals surface area contributed by atoms with Crippen molar-refractivity contribution in [3.63, 3.8) is 0 Å². The van der Waals surface area contributed by atoms with Crippen LogP contribution in [0.1, 0.15) is 56.2 Å². The highest BCUT2D eigenvalue weighted by atomic mass is 16.6. The number of anilines is 2. The summed E-state index contributed by atoms with van der Waals surface area (Å²) < 4.78 is 5.99. The van der Waals surface area contributed by atoms with Crippen molar-refractivity contribution in [2.75, 3.05) is 23.7 Å². The van der Waals surface area contributed by atoms with Crippen LogP contribution in [0.15, 0.2) is 34.0 Å². The highest BCUT2D eigenvalue weighted by molar-refractivity contribution is 5.97. The molecule has 0 bridgehead atoms. The van der Waals surface area contributed by atoms with E-state index < -0.39 is 5.91 Å². The second-order valence-electron chi connectivity index (χ2n) is 7.89. The summed E-state index contributed by atoms with van der Waals surface area (Å²) in [6.07, 6.45) is 1.57. The topological polar surface area (TPSA) is 140 Å². The van der Waals surface area contributed by atoms with E-state index in [0.29, 0.717) is 18.9 Å². The van der Waals surface area contributed by atoms with Crippen LogP contribution in [0.2, 0.25) is 0 Å². The molecule has 2 heterocycles. The standard InChI is InChI=1S/C20H27N9O2/c1-6-28(7-2)19-15(23-27-29(19)17-16(21)25-31-26-17)18(30)24-22-12-13-8-10-14(11-9-13)20(3,4)5/h8-12H,6-7H2,1-5H3,(H2,21,25)(H,24,30)/b22-12+. The molecule has 1 amide bonds. The third-order valence-corrected chi connectivity index (χ3v) is 4.78. The molecule has 0 saturated heterocycles. The number of nitrogens with zero attached hydrogens (tertiary/aromatic N) is 7. The van der Waals surface area contributed by atoms with Crippen molar-refractivity contribution in [2.45, 2.75) is 40.0 Å². The van der Waals surface area contributed by atoms with E-state index in [2.05, 4.69) is 56.6 Å². The molecule has 1 aromatic carbocycles. The van der Waals surface area contributed by atoms with E-state index in [4.69, 9.17) is 5.73 Å². The molecule has 3 aromatic rings. The third kappa shape index (κ3) is 4.71. The maximum atomic E-state index is 12.8. The Hall–Kier alpha value is -3.76. The van der Waals surface area contributed by atoms with Crippen molar-refractivity contribution >= 4 is 23.8 Å². The Morgan fingerprint density at radius 2 is 1.90 bits per heavy atom. The SMILES string of the molecule is CCN(CC)c1c(C(=O)N/N=C/c2ccc(C(C)(C)C)cc2)nnn1-c1nonc1N. The number of carbonyl (C=O) groups excluding carboxylic acids is 1. The van der Waals surface area contributed by atoms with Crippen LogP contribution in [-0.4, -0.2) is 50.5 Å². The fourth-order valence-corrected chi connectivity index (χ4v) is 3.00. The maximum Gasteiger partial charge on any atom is 0.295 e. The number of aromatic nitrogens is 5. The van der Waals surface area contributed by atoms with Gasteiger partial charge in [-0.1, -0.05) is 50.3 Å². The maximum absolute atomic E-state index is 12.8. The molecule has 11 heteroatoms. The summed E-state index contributed by atoms with van der Waals surface area (Å²) in [5.41, 5.74) is 10.5. The van der Waals surface area contributed by atoms with E-state index in [9.17, 15) is 4.79 Å². The molecule has 0 spiro atoms. The predicted octanol–water partition coefficient (Wildman–Crippen LogP) is 2.14. The van der Waals surface area contributed by atoms with Crippen molar-refractivity contribution < 1.29 is 9.42 Å². The van der Waals surface area contributed by atoms with Crippen LogP contribution in [0.3, 0.4) is 0 Å². The van der Waals surface area contributed by atoms with Gasteiger partial charge >= 0.3 is 0 Å². The minimum Gasteiger partial charge on any atom is -0.378 e. The molecule has 0 unspecified atom stereocenters. The van der Waals surface area contributed by atoms with Gasteiger partial charge in [-0.3, -0.25) is 4.79 Å². The number of hydrogen-bond donors (Lipinski definition) is 2. The van der Waals surface area contributed by atoms with E-state index in [1.54, 1.807) is 6.21 Å². The van der Waals surface area contributed by atoms with Crippen LogP contribution >= 0.6 is 0 Å². The number of rotatable bonds is 7. The number of benzene rings is 1. The van der Waals surface area contributed by atoms with Crippen molar-refractivity contribution in [1.82, 2.24) is 30.7 Å². The second kappa shape index (κ2) is 8.94. The Labute approximate surface area is 180 Å². The lowest BCUT2D eigenvalue weighted by Crippen LogP contribution is -2.29. The van der Waals surface area contributed by atoms with Gasteiger partial charge in [0.25, 0.3) is 5.91 Å². The van der Waals surface area contributed by atoms with E-state index in [1.165, 1.54) is 10.2 Å². The van der Waals surface area contributed by atoms with Gasteiger partial charge < -0.3 is 10.6 Å². The molecular weight excluding hydrogens is 398 g/mol. The molecule has 0 fully saturated rings. The Morgan fingerprint density at radius 3 is 2.45 bits per heavy atom. The number of hydrazone groups is 1. The van der Waals surface area contributed by atoms with Gasteiger partial charge in [0.05, 0.1) is 6.21 Å². The molecule has 3 N–H and O–H groups in total. The summed E-state index contributed by atoms with van der Waals surface area (Å²) in [7, 11) is 0. The molecule has 164 valence electrons. The Bertz CT molecular complexity index is 1060. The molecule has 0 aliphatic rings. The highest BCUT2D eigenvalue weighted by Crippen LogP contribution is 2.24. The summed E-state index contributed by atoms with van der Waals surface area (Å²) in [5.74, 6) is 0.123. The Morgan fingerprint density at radius 1 is 1.23 bits per heavy atom. The van der Waals surface area contributed by atoms with E-state index >= 15 is 0 Å². The van der Waals surface area contributed by atoms with Crippen molar-refractivity contribution in [1.29, 1.82) is 0 Å². The summed E-state index contributed by atoms with van der Waals surface area (Å²) in [6.45, 7) is 11.6. The van der Waals surface area contributed by atoms with Crippen LogP contribution in [0.4, 0.5) is 11.6 Å². The molecule has 31 heavy (non-hydrogen) atoms. The molecule has 0 atom stereocenters. The van der Waals surface area contributed by atoms with Gasteiger partial charge in [0.15, 0.2) is 11.5 Å². The number of nitrogens with one attached hydrogen (secondary N) is 1. The first-order chi connectivity index (χ1) is 14.8. The monoisotopic (exact) mass is 425 g/mol. The van der Waals surface area contributed by atoms with Crippen LogP contribution in [0, 0.1) is 0 Å². The fourth-order valence-electron chi connectivity index (χ4n) is 3.00. The van der Waals surface area contributed by atoms with Crippen LogP contribution in [-0.2, 0) is 5.41 Å². The lowest BCUT2D eigenvalue weighted by molar-refractivity contribution is 0.0950. The molecule has 2 aromatic heterocycles. The van der Waals surface area contributed by atoms with Gasteiger partial charge in [0.1, 0.15) is 0 Å². The zero-order valence-corrected chi connectivity index (χ0v) is 18.3. The fraction of sp³-hybridized carbons (Fsp3) is 0.400. The van der Waals surface area contributed by atoms with Crippen LogP contribution < -0.4 is 16.1 Å². The van der Waals surface area contributed by atoms with Gasteiger partial charge in [-0.15, -0.1) is 5.10 Å². The van der Waals surface area contributed by atoms with Crippen molar-refractivity contribution in [3.8, 4) is 5.82 Å². The molecule has 0 aliphatic carbocycles. The number of amides is 1. The van der Waals surface area contributed by atoms with Gasteiger partial charge in [0, 0.05) is 13.1 Å². The zero-order valence-electron chi connectivity index (χ0n) is 18.3. The van der Waals surface area contributed by atoms with Crippen molar-refractivity contribution in [3.05, 3.63) is 41.1 Å². The smallest absolute Gasteiger partial charge is 0.295 e. The second-order valence-corrected chi connectivity index (χ2v) is 7.89. The minimum atomic E-state index is -0.509. The predicted molar refractivity (Wildman–Crippen MR) is 117 cm³/mol. The number of nitrogen functional groups attached to an aromatic ring is 1. The first kappa shape index (κ1) is 21.9. The first-order valence-electron chi connectivity index (χ1n) is 9.99. The van der Waals surface area contributed by atoms with Gasteiger partial charge in [-0.25, -0.2) is 10.1 Å². The summed E-state index contributed by atoms with van der Waals surface area (Å²) in [6, 6.07) is 8.00. The normalized spacial score (nSPS) is 11.8. The summed E-state index contributed by atoms with van der Waals surface area (Å²) in [5, 5.41) is 19.4. The quantitative estimate of drug-likeness (QED) is 0.433. The van der Waals surface area contributed by atoms with E-state index in [1.807, 2.05) is 43.0 Å². The van der Waals surface area contributed by atoms with Gasteiger partial charge in [-0.2, -0.15) is 9.78 Å². The van der Waals surface area contributed by atoms with Crippen molar-refractivity contribution in [2.24, 2.45) is 5.10 Å². The molecule has 0 radical (unpaired) electrons. The molecule has 3 rings (SSSR count). The number of nitrogens with two attached hydrogens (primary N) is 1. The molecular formula is C20H27N9O2. The first-order valence-corrected chi connectivity index (χ1v) is 9.99. The average Bonchev–Trinajstić information content (AvgIpc) is 3.35. The van der Waals surface area contributed by atoms with Crippen LogP contribution in [0.25, 0.3) is 5.82 Å². The lowest BCUT2D eigenvalue weighted by Gasteiger charge is -2.21. The highest BCUT2D eigenvalue weighted by Gasteiger charge is 2.27. The van der Waals surface area contributed by atoms with Crippen LogP contribution in [0.5, 0.6) is 0 Å². The van der Waals surface area contributed by atoms with E-state index in [0.717, 1.165) is 5.56 Å². The third-order valence-electron chi connectivity index (χ3n) is 4.78. The molecule has 11 nitrogen and oxygen atoms in total. The minimum absolute atomic E-state index is 0.0435. The van der Waals surface area contributed by atoms with E-state index in [-0.39, 0.29) is 22.7 Å². The number of hydrogen-bond acceptors (Lipinski definition) is 9. The van der Waals surface area contributed by atoms with Gasteiger partial charge in [-0.05, 0) is 40.7 Å². The zero-order chi connectivity index (χ0) is 22.6. The Kier molecular flexibility index (Phi) is 6.33. The largest absolute Gasteiger partial charge is 0.378 e. The summed E-state index contributed by atoms with van der Waals surface area (Å²) >= 11 is 0. The average molecular weight is 425 g/mol. The summed E-state index contributed by atoms with van der Waals surface area (Å²) in [4.78, 5) is 14.7. The lowest BCUT2D eigenvalue weighted by atomic mass is 9.87. The Balaban J connectivity index is 1.82. The number of carbonyl (C=O) groups is 1. The molecule has 0 aliphatic heterocycles. The molecule has 0 saturated carbocycles. The van der Waals surface area contributed by atoms with Gasteiger partial charge in [0.2, 0.25) is 11.6 Å².